The quantitative estimate of drug-likeness (QED) is 0.847. The molecular weight excluding hydrogens is 317 g/mol. The maximum Gasteiger partial charge on any atom is 0.418 e. The average molecular weight is 334 g/mol. The number of hydrogen-bond donors (Lipinski definition) is 2. The van der Waals surface area contributed by atoms with Gasteiger partial charge < -0.3 is 10.6 Å². The van der Waals surface area contributed by atoms with Crippen molar-refractivity contribution in [3.63, 3.8) is 0 Å². The fourth-order valence-electron chi connectivity index (χ4n) is 2.38. The van der Waals surface area contributed by atoms with Gasteiger partial charge in [0.15, 0.2) is 0 Å². The predicted molar refractivity (Wildman–Crippen MR) is 85.7 cm³/mol. The second kappa shape index (κ2) is 6.55. The number of para-hydroxylation sites is 1. The van der Waals surface area contributed by atoms with Crippen molar-refractivity contribution in [2.75, 3.05) is 5.32 Å². The molecule has 3 nitrogen and oxygen atoms in total. The highest BCUT2D eigenvalue weighted by Crippen LogP contribution is 2.35. The topological polar surface area (TPSA) is 41.1 Å². The molecule has 2 aromatic rings. The zero-order valence-electron chi connectivity index (χ0n) is 12.9. The third-order valence-electron chi connectivity index (χ3n) is 3.88. The van der Waals surface area contributed by atoms with Gasteiger partial charge in [0.05, 0.1) is 11.3 Å². The van der Waals surface area contributed by atoms with Crippen molar-refractivity contribution in [1.82, 2.24) is 5.32 Å². The van der Waals surface area contributed by atoms with Crippen LogP contribution in [0.2, 0.25) is 0 Å². The number of rotatable bonds is 5. The number of benzene rings is 2. The number of anilines is 2. The van der Waals surface area contributed by atoms with Gasteiger partial charge in [-0.2, -0.15) is 13.2 Å². The van der Waals surface area contributed by atoms with Gasteiger partial charge in [0.1, 0.15) is 0 Å². The van der Waals surface area contributed by atoms with Crippen LogP contribution in [0.3, 0.4) is 0 Å². The highest BCUT2D eigenvalue weighted by molar-refractivity contribution is 5.80. The largest absolute Gasteiger partial charge is 0.418 e. The lowest BCUT2D eigenvalue weighted by Crippen LogP contribution is -2.24. The Bertz CT molecular complexity index is 722. The summed E-state index contributed by atoms with van der Waals surface area (Å²) in [7, 11) is 0. The number of hydrogen-bond acceptors (Lipinski definition) is 2. The first-order chi connectivity index (χ1) is 11.4. The van der Waals surface area contributed by atoms with E-state index in [9.17, 15) is 18.0 Å². The molecule has 0 bridgehead atoms. The molecule has 0 aliphatic heterocycles. The summed E-state index contributed by atoms with van der Waals surface area (Å²) >= 11 is 0. The van der Waals surface area contributed by atoms with Crippen LogP contribution in [0.5, 0.6) is 0 Å². The van der Waals surface area contributed by atoms with E-state index in [4.69, 9.17) is 0 Å². The Labute approximate surface area is 137 Å². The van der Waals surface area contributed by atoms with E-state index >= 15 is 0 Å². The van der Waals surface area contributed by atoms with Crippen molar-refractivity contribution < 1.29 is 18.0 Å². The third kappa shape index (κ3) is 4.07. The Hall–Kier alpha value is -2.50. The van der Waals surface area contributed by atoms with Crippen LogP contribution in [0.1, 0.15) is 24.0 Å². The standard InChI is InChI=1S/C18H17F3N2O/c19-18(20,21)15-3-1-2-4-16(15)23-14-9-5-12(6-10-14)11-22-17(24)13-7-8-13/h1-6,9-10,13,23H,7-8,11H2,(H,22,24). The van der Waals surface area contributed by atoms with Crippen LogP contribution >= 0.6 is 0 Å². The van der Waals surface area contributed by atoms with E-state index in [1.54, 1.807) is 30.3 Å². The monoisotopic (exact) mass is 334 g/mol. The lowest BCUT2D eigenvalue weighted by atomic mass is 10.1. The molecule has 3 rings (SSSR count). The first-order valence-electron chi connectivity index (χ1n) is 7.73. The summed E-state index contributed by atoms with van der Waals surface area (Å²) in [6.45, 7) is 0.425. The smallest absolute Gasteiger partial charge is 0.355 e. The molecule has 126 valence electrons. The summed E-state index contributed by atoms with van der Waals surface area (Å²) < 4.78 is 38.9. The molecule has 0 radical (unpaired) electrons. The van der Waals surface area contributed by atoms with E-state index in [0.717, 1.165) is 24.5 Å². The molecule has 1 saturated carbocycles. The average Bonchev–Trinajstić information content (AvgIpc) is 3.38. The highest BCUT2D eigenvalue weighted by Gasteiger charge is 2.33. The molecule has 0 spiro atoms. The van der Waals surface area contributed by atoms with Gasteiger partial charge in [-0.3, -0.25) is 4.79 Å². The molecule has 1 aliphatic carbocycles. The van der Waals surface area contributed by atoms with Gasteiger partial charge in [-0.1, -0.05) is 24.3 Å². The number of nitrogens with one attached hydrogen (secondary N) is 2. The van der Waals surface area contributed by atoms with Crippen molar-refractivity contribution in [2.45, 2.75) is 25.6 Å². The molecule has 0 heterocycles. The van der Waals surface area contributed by atoms with Gasteiger partial charge in [0, 0.05) is 18.2 Å². The molecule has 0 saturated heterocycles. The highest BCUT2D eigenvalue weighted by atomic mass is 19.4. The second-order valence-electron chi connectivity index (χ2n) is 5.86. The molecule has 1 aliphatic rings. The summed E-state index contributed by atoms with van der Waals surface area (Å²) in [6.07, 6.45) is -2.50. The van der Waals surface area contributed by atoms with Crippen molar-refractivity contribution in [3.8, 4) is 0 Å². The third-order valence-corrected chi connectivity index (χ3v) is 3.88. The Morgan fingerprint density at radius 1 is 1.04 bits per heavy atom. The van der Waals surface area contributed by atoms with Gasteiger partial charge in [-0.25, -0.2) is 0 Å². The summed E-state index contributed by atoms with van der Waals surface area (Å²) in [5.74, 6) is 0.223. The van der Waals surface area contributed by atoms with Gasteiger partial charge in [0.25, 0.3) is 0 Å². The predicted octanol–water partition coefficient (Wildman–Crippen LogP) is 4.48. The Morgan fingerprint density at radius 3 is 2.33 bits per heavy atom. The fourth-order valence-corrected chi connectivity index (χ4v) is 2.38. The SMILES string of the molecule is O=C(NCc1ccc(Nc2ccccc2C(F)(F)F)cc1)C1CC1. The summed E-state index contributed by atoms with van der Waals surface area (Å²) in [6, 6.07) is 12.3. The van der Waals surface area contributed by atoms with Gasteiger partial charge in [-0.05, 0) is 42.7 Å². The zero-order valence-corrected chi connectivity index (χ0v) is 12.9. The summed E-state index contributed by atoms with van der Waals surface area (Å²) in [5, 5.41) is 5.64. The molecule has 0 atom stereocenters. The minimum atomic E-state index is -4.41. The van der Waals surface area contributed by atoms with E-state index in [0.29, 0.717) is 12.2 Å². The van der Waals surface area contributed by atoms with Crippen LogP contribution < -0.4 is 10.6 Å². The number of carbonyl (C=O) groups excluding carboxylic acids is 1. The maximum absolute atomic E-state index is 13.0. The van der Waals surface area contributed by atoms with Crippen LogP contribution in [-0.2, 0) is 17.5 Å². The Balaban J connectivity index is 1.65. The summed E-state index contributed by atoms with van der Waals surface area (Å²) in [5.41, 5.74) is 0.771. The van der Waals surface area contributed by atoms with Gasteiger partial charge in [-0.15, -0.1) is 0 Å². The van der Waals surface area contributed by atoms with Gasteiger partial charge in [0.2, 0.25) is 5.91 Å². The van der Waals surface area contributed by atoms with Crippen molar-refractivity contribution in [1.29, 1.82) is 0 Å². The molecule has 0 aromatic heterocycles. The molecule has 2 N–H and O–H groups in total. The molecule has 1 amide bonds. The Kier molecular flexibility index (Phi) is 4.46. The minimum absolute atomic E-state index is 0.0137. The van der Waals surface area contributed by atoms with E-state index in [1.165, 1.54) is 12.1 Å². The number of halogens is 3. The van der Waals surface area contributed by atoms with E-state index in [-0.39, 0.29) is 17.5 Å². The summed E-state index contributed by atoms with van der Waals surface area (Å²) in [4.78, 5) is 11.6. The van der Waals surface area contributed by atoms with E-state index < -0.39 is 11.7 Å². The zero-order chi connectivity index (χ0) is 17.2. The van der Waals surface area contributed by atoms with Crippen molar-refractivity contribution >= 4 is 17.3 Å². The molecular formula is C18H17F3N2O. The van der Waals surface area contributed by atoms with Crippen LogP contribution in [0, 0.1) is 5.92 Å². The molecule has 1 fully saturated rings. The number of carbonyl (C=O) groups is 1. The van der Waals surface area contributed by atoms with Crippen molar-refractivity contribution in [3.05, 3.63) is 59.7 Å². The van der Waals surface area contributed by atoms with Crippen LogP contribution in [0.4, 0.5) is 24.5 Å². The Morgan fingerprint density at radius 2 is 1.71 bits per heavy atom. The number of amides is 1. The van der Waals surface area contributed by atoms with Crippen molar-refractivity contribution in [2.24, 2.45) is 5.92 Å². The van der Waals surface area contributed by atoms with Gasteiger partial charge >= 0.3 is 6.18 Å². The molecule has 0 unspecified atom stereocenters. The van der Waals surface area contributed by atoms with E-state index in [1.807, 2.05) is 0 Å². The first-order valence-corrected chi connectivity index (χ1v) is 7.73. The normalized spacial score (nSPS) is 14.3. The number of alkyl halides is 3. The minimum Gasteiger partial charge on any atom is -0.355 e. The fraction of sp³-hybridized carbons (Fsp3) is 0.278. The lowest BCUT2D eigenvalue weighted by molar-refractivity contribution is -0.137. The maximum atomic E-state index is 13.0. The first kappa shape index (κ1) is 16.4. The molecule has 2 aromatic carbocycles. The molecule has 6 heteroatoms. The van der Waals surface area contributed by atoms with Crippen LogP contribution in [0.25, 0.3) is 0 Å². The van der Waals surface area contributed by atoms with Crippen LogP contribution in [0.15, 0.2) is 48.5 Å². The lowest BCUT2D eigenvalue weighted by Gasteiger charge is -2.14. The van der Waals surface area contributed by atoms with E-state index in [2.05, 4.69) is 10.6 Å². The second-order valence-corrected chi connectivity index (χ2v) is 5.86. The van der Waals surface area contributed by atoms with Crippen LogP contribution in [-0.4, -0.2) is 5.91 Å². The molecule has 24 heavy (non-hydrogen) atoms.